The van der Waals surface area contributed by atoms with Gasteiger partial charge in [-0.15, -0.1) is 11.8 Å². The highest BCUT2D eigenvalue weighted by atomic mass is 32.2. The third-order valence-electron chi connectivity index (χ3n) is 1.79. The maximum Gasteiger partial charge on any atom is 0.0761 e. The summed E-state index contributed by atoms with van der Waals surface area (Å²) in [5.41, 5.74) is 0.975. The molecule has 78 valence electrons. The minimum atomic E-state index is -0.372. The number of aliphatic hydroxyl groups excluding tert-OH is 1. The molecule has 14 heavy (non-hydrogen) atoms. The highest BCUT2D eigenvalue weighted by Gasteiger charge is 2.11. The summed E-state index contributed by atoms with van der Waals surface area (Å²) >= 11 is 1.84. The van der Waals surface area contributed by atoms with E-state index in [1.54, 1.807) is 6.92 Å². The average molecular weight is 210 g/mol. The molecular formula is C12H18OS. The van der Waals surface area contributed by atoms with E-state index in [9.17, 15) is 5.11 Å². The van der Waals surface area contributed by atoms with Crippen LogP contribution in [-0.2, 0) is 0 Å². The van der Waals surface area contributed by atoms with Crippen molar-refractivity contribution in [3.63, 3.8) is 0 Å². The minimum absolute atomic E-state index is 0.242. The van der Waals surface area contributed by atoms with Crippen molar-refractivity contribution in [3.8, 4) is 0 Å². The second kappa shape index (κ2) is 4.37. The first-order chi connectivity index (χ1) is 6.38. The smallest absolute Gasteiger partial charge is 0.0761 e. The van der Waals surface area contributed by atoms with Crippen molar-refractivity contribution in [1.29, 1.82) is 0 Å². The molecule has 0 amide bonds. The molecule has 0 saturated carbocycles. The number of hydrogen-bond donors (Lipinski definition) is 1. The number of hydrogen-bond acceptors (Lipinski definition) is 2. The van der Waals surface area contributed by atoms with Crippen LogP contribution in [0.2, 0.25) is 0 Å². The second-order valence-corrected chi connectivity index (χ2v) is 6.36. The average Bonchev–Trinajstić information content (AvgIpc) is 2.02. The molecule has 1 aromatic rings. The van der Waals surface area contributed by atoms with Crippen LogP contribution in [0.1, 0.15) is 39.4 Å². The van der Waals surface area contributed by atoms with Gasteiger partial charge >= 0.3 is 0 Å². The SMILES string of the molecule is C[C@@H](O)c1ccc(SC(C)(C)C)cc1. The van der Waals surface area contributed by atoms with Gasteiger partial charge in [0.1, 0.15) is 0 Å². The Morgan fingerprint density at radius 3 is 2.00 bits per heavy atom. The third-order valence-corrected chi connectivity index (χ3v) is 2.91. The van der Waals surface area contributed by atoms with Crippen molar-refractivity contribution in [2.75, 3.05) is 0 Å². The molecule has 0 fully saturated rings. The van der Waals surface area contributed by atoms with Gasteiger partial charge < -0.3 is 5.11 Å². The fraction of sp³-hybridized carbons (Fsp3) is 0.500. The van der Waals surface area contributed by atoms with Crippen LogP contribution < -0.4 is 0 Å². The molecule has 0 aliphatic heterocycles. The van der Waals surface area contributed by atoms with Crippen LogP contribution >= 0.6 is 11.8 Å². The molecular weight excluding hydrogens is 192 g/mol. The van der Waals surface area contributed by atoms with Crippen molar-refractivity contribution in [1.82, 2.24) is 0 Å². The fourth-order valence-electron chi connectivity index (χ4n) is 1.17. The lowest BCUT2D eigenvalue weighted by atomic mass is 10.1. The van der Waals surface area contributed by atoms with Gasteiger partial charge in [0.15, 0.2) is 0 Å². The van der Waals surface area contributed by atoms with Crippen molar-refractivity contribution < 1.29 is 5.11 Å². The summed E-state index contributed by atoms with van der Waals surface area (Å²) in [7, 11) is 0. The van der Waals surface area contributed by atoms with Crippen LogP contribution in [0.3, 0.4) is 0 Å². The van der Waals surface area contributed by atoms with E-state index in [0.717, 1.165) is 5.56 Å². The minimum Gasteiger partial charge on any atom is -0.389 e. The van der Waals surface area contributed by atoms with Gasteiger partial charge in [0.05, 0.1) is 6.10 Å². The Morgan fingerprint density at radius 1 is 1.14 bits per heavy atom. The molecule has 1 aromatic carbocycles. The van der Waals surface area contributed by atoms with E-state index in [-0.39, 0.29) is 10.9 Å². The standard InChI is InChI=1S/C12H18OS/c1-9(13)10-5-7-11(8-6-10)14-12(2,3)4/h5-9,13H,1-4H3/t9-/m1/s1. The van der Waals surface area contributed by atoms with E-state index in [1.165, 1.54) is 4.90 Å². The summed E-state index contributed by atoms with van der Waals surface area (Å²) in [6.45, 7) is 8.37. The van der Waals surface area contributed by atoms with Gasteiger partial charge in [-0.3, -0.25) is 0 Å². The molecule has 0 unspecified atom stereocenters. The predicted molar refractivity (Wildman–Crippen MR) is 62.7 cm³/mol. The van der Waals surface area contributed by atoms with Crippen molar-refractivity contribution in [2.24, 2.45) is 0 Å². The predicted octanol–water partition coefficient (Wildman–Crippen LogP) is 3.63. The molecule has 1 nitrogen and oxygen atoms in total. The van der Waals surface area contributed by atoms with E-state index >= 15 is 0 Å². The molecule has 0 bridgehead atoms. The van der Waals surface area contributed by atoms with Crippen LogP contribution in [0.5, 0.6) is 0 Å². The zero-order valence-corrected chi connectivity index (χ0v) is 10.1. The monoisotopic (exact) mass is 210 g/mol. The van der Waals surface area contributed by atoms with Crippen molar-refractivity contribution >= 4 is 11.8 Å². The van der Waals surface area contributed by atoms with Gasteiger partial charge in [0.25, 0.3) is 0 Å². The molecule has 0 aliphatic carbocycles. The van der Waals surface area contributed by atoms with E-state index in [2.05, 4.69) is 32.9 Å². The van der Waals surface area contributed by atoms with Crippen LogP contribution in [-0.4, -0.2) is 9.85 Å². The number of aliphatic hydroxyl groups is 1. The lowest BCUT2D eigenvalue weighted by Gasteiger charge is -2.17. The highest BCUT2D eigenvalue weighted by Crippen LogP contribution is 2.32. The molecule has 2 heteroatoms. The van der Waals surface area contributed by atoms with Crippen LogP contribution in [0, 0.1) is 0 Å². The summed E-state index contributed by atoms with van der Waals surface area (Å²) in [6, 6.07) is 8.10. The summed E-state index contributed by atoms with van der Waals surface area (Å²) < 4.78 is 0.242. The van der Waals surface area contributed by atoms with Gasteiger partial charge in [-0.25, -0.2) is 0 Å². The lowest BCUT2D eigenvalue weighted by molar-refractivity contribution is 0.199. The Morgan fingerprint density at radius 2 is 1.64 bits per heavy atom. The molecule has 1 N–H and O–H groups in total. The largest absolute Gasteiger partial charge is 0.389 e. The zero-order chi connectivity index (χ0) is 10.8. The van der Waals surface area contributed by atoms with Gasteiger partial charge in [-0.1, -0.05) is 32.9 Å². The molecule has 0 saturated heterocycles. The van der Waals surface area contributed by atoms with Crippen molar-refractivity contribution in [2.45, 2.75) is 43.4 Å². The number of thioether (sulfide) groups is 1. The molecule has 1 atom stereocenters. The summed E-state index contributed by atoms with van der Waals surface area (Å²) in [5, 5.41) is 9.34. The fourth-order valence-corrected chi connectivity index (χ4v) is 2.15. The molecule has 0 radical (unpaired) electrons. The normalized spacial score (nSPS) is 14.1. The molecule has 0 aromatic heterocycles. The van der Waals surface area contributed by atoms with Crippen LogP contribution in [0.25, 0.3) is 0 Å². The Bertz CT molecular complexity index is 282. The molecule has 0 spiro atoms. The Hall–Kier alpha value is -0.470. The lowest BCUT2D eigenvalue weighted by Crippen LogP contribution is -2.06. The molecule has 1 rings (SSSR count). The van der Waals surface area contributed by atoms with Crippen LogP contribution in [0.4, 0.5) is 0 Å². The van der Waals surface area contributed by atoms with Crippen LogP contribution in [0.15, 0.2) is 29.2 Å². The van der Waals surface area contributed by atoms with E-state index in [0.29, 0.717) is 0 Å². The first-order valence-corrected chi connectivity index (χ1v) is 5.67. The highest BCUT2D eigenvalue weighted by molar-refractivity contribution is 8.00. The van der Waals surface area contributed by atoms with Gasteiger partial charge in [-0.2, -0.15) is 0 Å². The topological polar surface area (TPSA) is 20.2 Å². The van der Waals surface area contributed by atoms with Crippen molar-refractivity contribution in [3.05, 3.63) is 29.8 Å². The maximum atomic E-state index is 9.34. The van der Waals surface area contributed by atoms with Gasteiger partial charge in [-0.05, 0) is 24.6 Å². The third kappa shape index (κ3) is 3.72. The summed E-state index contributed by atoms with van der Waals surface area (Å²) in [6.07, 6.45) is -0.372. The molecule has 0 heterocycles. The van der Waals surface area contributed by atoms with E-state index < -0.39 is 0 Å². The first kappa shape index (κ1) is 11.6. The Kier molecular flexibility index (Phi) is 3.62. The van der Waals surface area contributed by atoms with E-state index in [1.807, 2.05) is 23.9 Å². The number of benzene rings is 1. The maximum absolute atomic E-state index is 9.34. The molecule has 0 aliphatic rings. The Labute approximate surface area is 90.5 Å². The van der Waals surface area contributed by atoms with E-state index in [4.69, 9.17) is 0 Å². The summed E-state index contributed by atoms with van der Waals surface area (Å²) in [4.78, 5) is 1.25. The van der Waals surface area contributed by atoms with Gasteiger partial charge in [0.2, 0.25) is 0 Å². The Balaban J connectivity index is 2.74. The second-order valence-electron chi connectivity index (χ2n) is 4.46. The quantitative estimate of drug-likeness (QED) is 0.752. The zero-order valence-electron chi connectivity index (χ0n) is 9.24. The first-order valence-electron chi connectivity index (χ1n) is 4.85. The van der Waals surface area contributed by atoms with Gasteiger partial charge in [0, 0.05) is 9.64 Å². The number of rotatable bonds is 2. The summed E-state index contributed by atoms with van der Waals surface area (Å²) in [5.74, 6) is 0.